The number of benzene rings is 2. The molecule has 140 valence electrons. The molecule has 4 rings (SSSR count). The van der Waals surface area contributed by atoms with Crippen molar-refractivity contribution >= 4 is 22.5 Å². The Hall–Kier alpha value is -2.59. The number of H-pyrrole nitrogens is 1. The van der Waals surface area contributed by atoms with Crippen LogP contribution in [0.4, 0.5) is 5.69 Å². The molecular formula is C23H27N3O. The number of fused-ring (bicyclic) bond motifs is 1. The Bertz CT molecular complexity index is 934. The SMILES string of the molecule is Cc1ccc(NC(=O)CN2CCC(c3c(C)[nH]c4ccccc34)CC2)cc1. The fourth-order valence-corrected chi connectivity index (χ4v) is 4.24. The van der Waals surface area contributed by atoms with Crippen molar-refractivity contribution < 1.29 is 4.79 Å². The van der Waals surface area contributed by atoms with E-state index in [2.05, 4.69) is 46.4 Å². The van der Waals surface area contributed by atoms with Gasteiger partial charge >= 0.3 is 0 Å². The van der Waals surface area contributed by atoms with Crippen LogP contribution in [0.15, 0.2) is 48.5 Å². The second kappa shape index (κ2) is 7.57. The lowest BCUT2D eigenvalue weighted by Crippen LogP contribution is -2.38. The van der Waals surface area contributed by atoms with Crippen LogP contribution in [-0.2, 0) is 4.79 Å². The molecule has 0 unspecified atom stereocenters. The van der Waals surface area contributed by atoms with E-state index < -0.39 is 0 Å². The van der Waals surface area contributed by atoms with E-state index in [9.17, 15) is 4.79 Å². The van der Waals surface area contributed by atoms with Crippen LogP contribution in [0.3, 0.4) is 0 Å². The molecule has 0 aliphatic carbocycles. The van der Waals surface area contributed by atoms with Gasteiger partial charge in [0.2, 0.25) is 5.91 Å². The third-order valence-electron chi connectivity index (χ3n) is 5.64. The molecule has 1 aliphatic rings. The predicted octanol–water partition coefficient (Wildman–Crippen LogP) is 4.60. The van der Waals surface area contributed by atoms with Crippen LogP contribution >= 0.6 is 0 Å². The first-order valence-electron chi connectivity index (χ1n) is 9.76. The summed E-state index contributed by atoms with van der Waals surface area (Å²) in [6.45, 7) is 6.62. The highest BCUT2D eigenvalue weighted by molar-refractivity contribution is 5.92. The molecule has 1 amide bonds. The maximum Gasteiger partial charge on any atom is 0.238 e. The van der Waals surface area contributed by atoms with Crippen LogP contribution in [0.5, 0.6) is 0 Å². The number of piperidine rings is 1. The Morgan fingerprint density at radius 3 is 2.52 bits per heavy atom. The molecule has 2 N–H and O–H groups in total. The topological polar surface area (TPSA) is 48.1 Å². The summed E-state index contributed by atoms with van der Waals surface area (Å²) in [5, 5.41) is 4.36. The van der Waals surface area contributed by atoms with E-state index in [0.29, 0.717) is 12.5 Å². The molecule has 1 saturated heterocycles. The Morgan fingerprint density at radius 1 is 1.07 bits per heavy atom. The van der Waals surface area contributed by atoms with Crippen molar-refractivity contribution in [3.05, 3.63) is 65.4 Å². The highest BCUT2D eigenvalue weighted by Gasteiger charge is 2.25. The van der Waals surface area contributed by atoms with Gasteiger partial charge in [0.1, 0.15) is 0 Å². The van der Waals surface area contributed by atoms with Gasteiger partial charge in [-0.05, 0) is 69.5 Å². The molecule has 3 aromatic rings. The molecule has 2 heterocycles. The van der Waals surface area contributed by atoms with E-state index in [-0.39, 0.29) is 5.91 Å². The van der Waals surface area contributed by atoms with Crippen molar-refractivity contribution in [3.8, 4) is 0 Å². The van der Waals surface area contributed by atoms with Crippen molar-refractivity contribution in [3.63, 3.8) is 0 Å². The number of carbonyl (C=O) groups is 1. The maximum absolute atomic E-state index is 12.3. The monoisotopic (exact) mass is 361 g/mol. The lowest BCUT2D eigenvalue weighted by molar-refractivity contribution is -0.117. The smallest absolute Gasteiger partial charge is 0.238 e. The number of hydrogen-bond donors (Lipinski definition) is 2. The van der Waals surface area contributed by atoms with Gasteiger partial charge in [-0.3, -0.25) is 9.69 Å². The standard InChI is InChI=1S/C23H27N3O/c1-16-7-9-19(10-8-16)25-22(27)15-26-13-11-18(12-14-26)23-17(2)24-21-6-4-3-5-20(21)23/h3-10,18,24H,11-15H2,1-2H3,(H,25,27). The van der Waals surface area contributed by atoms with E-state index >= 15 is 0 Å². The highest BCUT2D eigenvalue weighted by atomic mass is 16.2. The normalized spacial score (nSPS) is 15.9. The van der Waals surface area contributed by atoms with Crippen molar-refractivity contribution in [1.82, 2.24) is 9.88 Å². The molecule has 1 fully saturated rings. The minimum absolute atomic E-state index is 0.0700. The van der Waals surface area contributed by atoms with Gasteiger partial charge in [-0.15, -0.1) is 0 Å². The summed E-state index contributed by atoms with van der Waals surface area (Å²) < 4.78 is 0. The second-order valence-corrected chi connectivity index (χ2v) is 7.67. The number of aryl methyl sites for hydroxylation is 2. The van der Waals surface area contributed by atoms with Gasteiger partial charge in [0.25, 0.3) is 0 Å². The summed E-state index contributed by atoms with van der Waals surface area (Å²) in [6.07, 6.45) is 2.20. The molecule has 0 saturated carbocycles. The minimum Gasteiger partial charge on any atom is -0.358 e. The summed E-state index contributed by atoms with van der Waals surface area (Å²) in [4.78, 5) is 18.1. The predicted molar refractivity (Wildman–Crippen MR) is 111 cm³/mol. The number of likely N-dealkylation sites (tertiary alicyclic amines) is 1. The summed E-state index contributed by atoms with van der Waals surface area (Å²) in [6, 6.07) is 16.5. The molecule has 1 aliphatic heterocycles. The van der Waals surface area contributed by atoms with Crippen LogP contribution in [0.25, 0.3) is 10.9 Å². The van der Waals surface area contributed by atoms with E-state index in [1.807, 2.05) is 31.2 Å². The van der Waals surface area contributed by atoms with Gasteiger partial charge in [0.05, 0.1) is 6.54 Å². The van der Waals surface area contributed by atoms with Gasteiger partial charge in [-0.1, -0.05) is 35.9 Å². The average Bonchev–Trinajstić information content (AvgIpc) is 3.00. The first kappa shape index (κ1) is 17.8. The molecule has 27 heavy (non-hydrogen) atoms. The first-order chi connectivity index (χ1) is 13.1. The van der Waals surface area contributed by atoms with E-state index in [4.69, 9.17) is 0 Å². The third kappa shape index (κ3) is 3.91. The largest absolute Gasteiger partial charge is 0.358 e. The fourth-order valence-electron chi connectivity index (χ4n) is 4.24. The number of para-hydroxylation sites is 1. The lowest BCUT2D eigenvalue weighted by atomic mass is 9.87. The Balaban J connectivity index is 1.35. The van der Waals surface area contributed by atoms with Crippen LogP contribution in [-0.4, -0.2) is 35.4 Å². The fraction of sp³-hybridized carbons (Fsp3) is 0.348. The van der Waals surface area contributed by atoms with Crippen molar-refractivity contribution in [2.45, 2.75) is 32.6 Å². The zero-order chi connectivity index (χ0) is 18.8. The summed E-state index contributed by atoms with van der Waals surface area (Å²) in [5.41, 5.74) is 6.04. The number of nitrogens with zero attached hydrogens (tertiary/aromatic N) is 1. The van der Waals surface area contributed by atoms with Crippen LogP contribution < -0.4 is 5.32 Å². The molecular weight excluding hydrogens is 334 g/mol. The number of amides is 1. The number of hydrogen-bond acceptors (Lipinski definition) is 2. The highest BCUT2D eigenvalue weighted by Crippen LogP contribution is 2.35. The minimum atomic E-state index is 0.0700. The number of anilines is 1. The Kier molecular flexibility index (Phi) is 4.99. The van der Waals surface area contributed by atoms with Crippen molar-refractivity contribution in [2.24, 2.45) is 0 Å². The van der Waals surface area contributed by atoms with Crippen molar-refractivity contribution in [2.75, 3.05) is 25.0 Å². The van der Waals surface area contributed by atoms with Crippen molar-refractivity contribution in [1.29, 1.82) is 0 Å². The van der Waals surface area contributed by atoms with Gasteiger partial charge < -0.3 is 10.3 Å². The van der Waals surface area contributed by atoms with Gasteiger partial charge in [0, 0.05) is 22.3 Å². The zero-order valence-corrected chi connectivity index (χ0v) is 16.1. The van der Waals surface area contributed by atoms with Crippen LogP contribution in [0.2, 0.25) is 0 Å². The Morgan fingerprint density at radius 2 is 1.78 bits per heavy atom. The lowest BCUT2D eigenvalue weighted by Gasteiger charge is -2.31. The Labute approximate surface area is 160 Å². The maximum atomic E-state index is 12.3. The first-order valence-corrected chi connectivity index (χ1v) is 9.76. The van der Waals surface area contributed by atoms with E-state index in [1.54, 1.807) is 0 Å². The number of rotatable bonds is 4. The summed E-state index contributed by atoms with van der Waals surface area (Å²) in [7, 11) is 0. The number of aromatic amines is 1. The number of aromatic nitrogens is 1. The molecule has 4 nitrogen and oxygen atoms in total. The third-order valence-corrected chi connectivity index (χ3v) is 5.64. The molecule has 4 heteroatoms. The summed E-state index contributed by atoms with van der Waals surface area (Å²) in [5.74, 6) is 0.637. The zero-order valence-electron chi connectivity index (χ0n) is 16.1. The molecule has 0 radical (unpaired) electrons. The number of carbonyl (C=O) groups excluding carboxylic acids is 1. The molecule has 0 spiro atoms. The average molecular weight is 361 g/mol. The van der Waals surface area contributed by atoms with Crippen LogP contribution in [0.1, 0.15) is 35.6 Å². The second-order valence-electron chi connectivity index (χ2n) is 7.67. The molecule has 0 atom stereocenters. The van der Waals surface area contributed by atoms with Crippen LogP contribution in [0, 0.1) is 13.8 Å². The summed E-state index contributed by atoms with van der Waals surface area (Å²) >= 11 is 0. The quantitative estimate of drug-likeness (QED) is 0.713. The molecule has 0 bridgehead atoms. The van der Waals surface area contributed by atoms with Gasteiger partial charge in [-0.25, -0.2) is 0 Å². The van der Waals surface area contributed by atoms with E-state index in [0.717, 1.165) is 31.6 Å². The molecule has 1 aromatic heterocycles. The van der Waals surface area contributed by atoms with E-state index in [1.165, 1.54) is 27.7 Å². The van der Waals surface area contributed by atoms with Gasteiger partial charge in [-0.2, -0.15) is 0 Å². The van der Waals surface area contributed by atoms with Gasteiger partial charge in [0.15, 0.2) is 0 Å². The molecule has 2 aromatic carbocycles. The number of nitrogens with one attached hydrogen (secondary N) is 2.